The van der Waals surface area contributed by atoms with Crippen LogP contribution in [-0.2, 0) is 39.3 Å². The van der Waals surface area contributed by atoms with Crippen LogP contribution >= 0.6 is 0 Å². The second kappa shape index (κ2) is 11.5. The number of aryl methyl sites for hydroxylation is 2. The van der Waals surface area contributed by atoms with E-state index in [4.69, 9.17) is 9.47 Å². The van der Waals surface area contributed by atoms with Gasteiger partial charge in [0, 0.05) is 36.9 Å². The molecule has 1 amide bonds. The molecule has 3 rings (SSSR count). The van der Waals surface area contributed by atoms with Gasteiger partial charge >= 0.3 is 22.5 Å². The highest BCUT2D eigenvalue weighted by atomic mass is 32.2. The van der Waals surface area contributed by atoms with Gasteiger partial charge in [-0.05, 0) is 45.7 Å². The van der Waals surface area contributed by atoms with Gasteiger partial charge in [-0.3, -0.25) is 9.25 Å². The molecule has 11 nitrogen and oxygen atoms in total. The molecule has 3 aromatic rings. The van der Waals surface area contributed by atoms with Crippen LogP contribution in [0.1, 0.15) is 37.1 Å². The number of nitrogens with one attached hydrogen (secondary N) is 2. The van der Waals surface area contributed by atoms with Crippen molar-refractivity contribution in [2.75, 3.05) is 19.8 Å². The average molecular weight is 547 g/mol. The number of carbonyl (C=O) groups is 1. The summed E-state index contributed by atoms with van der Waals surface area (Å²) in [5, 5.41) is 4.73. The van der Waals surface area contributed by atoms with E-state index in [0.29, 0.717) is 35.4 Å². The molecule has 0 saturated heterocycles. The summed E-state index contributed by atoms with van der Waals surface area (Å²) in [5.74, 6) is 0.611. The Morgan fingerprint density at radius 1 is 1.24 bits per heavy atom. The summed E-state index contributed by atoms with van der Waals surface area (Å²) in [6, 6.07) is 2.58. The zero-order valence-corrected chi connectivity index (χ0v) is 21.6. The van der Waals surface area contributed by atoms with E-state index in [1.54, 1.807) is 40.2 Å². The first kappa shape index (κ1) is 28.4. The number of nitrogens with zero attached hydrogens (tertiary/aromatic N) is 4. The second-order valence-electron chi connectivity index (χ2n) is 8.49. The summed E-state index contributed by atoms with van der Waals surface area (Å²) in [4.78, 5) is 15.9. The van der Waals surface area contributed by atoms with E-state index in [2.05, 4.69) is 14.8 Å². The number of ether oxygens (including phenoxy) is 2. The van der Waals surface area contributed by atoms with Crippen LogP contribution in [0.3, 0.4) is 0 Å². The van der Waals surface area contributed by atoms with E-state index in [1.165, 1.54) is 0 Å². The fourth-order valence-electron chi connectivity index (χ4n) is 3.69. The summed E-state index contributed by atoms with van der Waals surface area (Å²) in [6.07, 6.45) is -2.53. The number of aromatic nitrogens is 4. The fraction of sp³-hybridized carbons (Fsp3) is 0.500. The van der Waals surface area contributed by atoms with Crippen molar-refractivity contribution in [1.29, 1.82) is 0 Å². The number of pyridine rings is 1. The predicted octanol–water partition coefficient (Wildman–Crippen LogP) is 3.00. The minimum absolute atomic E-state index is 0.00962. The van der Waals surface area contributed by atoms with Crippen LogP contribution in [0.5, 0.6) is 0 Å². The standard InChI is InChI=1S/C22H29F3N6O5S/c1-14(2)35-11-8-27-37(33,34)29-21(32)36-10-5-6-18-15(3)28-30(4)20(18)31-9-7-16-12-17(22(23,24)25)13-26-19(16)31/h7,9,12-14,27H,5-6,8,10-11H2,1-4H3,(H,29,32). The maximum Gasteiger partial charge on any atom is 0.421 e. The molecule has 0 radical (unpaired) electrons. The molecule has 3 heterocycles. The van der Waals surface area contributed by atoms with Crippen LogP contribution in [0.4, 0.5) is 18.0 Å². The van der Waals surface area contributed by atoms with Crippen molar-refractivity contribution in [3.8, 4) is 5.82 Å². The van der Waals surface area contributed by atoms with Crippen LogP contribution in [0.15, 0.2) is 24.5 Å². The fourth-order valence-corrected chi connectivity index (χ4v) is 4.40. The van der Waals surface area contributed by atoms with Gasteiger partial charge in [-0.15, -0.1) is 0 Å². The molecular formula is C22H29F3N6O5S. The van der Waals surface area contributed by atoms with Crippen molar-refractivity contribution in [3.63, 3.8) is 0 Å². The van der Waals surface area contributed by atoms with Crippen LogP contribution in [-0.4, -0.2) is 59.7 Å². The van der Waals surface area contributed by atoms with Gasteiger partial charge in [0.25, 0.3) is 0 Å². The Balaban J connectivity index is 1.61. The molecule has 0 bridgehead atoms. The minimum atomic E-state index is -4.50. The second-order valence-corrected chi connectivity index (χ2v) is 9.99. The number of rotatable bonds is 11. The lowest BCUT2D eigenvalue weighted by Crippen LogP contribution is -2.42. The molecule has 2 N–H and O–H groups in total. The van der Waals surface area contributed by atoms with Gasteiger partial charge in [0.2, 0.25) is 0 Å². The van der Waals surface area contributed by atoms with Gasteiger partial charge in [-0.1, -0.05) is 0 Å². The number of fused-ring (bicyclic) bond motifs is 1. The summed E-state index contributed by atoms with van der Waals surface area (Å²) < 4.78 is 80.3. The van der Waals surface area contributed by atoms with Crippen molar-refractivity contribution in [2.24, 2.45) is 7.05 Å². The smallest absolute Gasteiger partial charge is 0.421 e. The van der Waals surface area contributed by atoms with E-state index in [1.807, 2.05) is 13.8 Å². The topological polar surface area (TPSA) is 129 Å². The molecule has 204 valence electrons. The summed E-state index contributed by atoms with van der Waals surface area (Å²) in [6.45, 7) is 5.47. The van der Waals surface area contributed by atoms with Gasteiger partial charge in [0.15, 0.2) is 0 Å². The Bertz CT molecular complexity index is 1350. The normalized spacial score (nSPS) is 12.4. The molecule has 37 heavy (non-hydrogen) atoms. The molecule has 3 aromatic heterocycles. The molecule has 0 saturated carbocycles. The highest BCUT2D eigenvalue weighted by Crippen LogP contribution is 2.32. The molecule has 0 fully saturated rings. The minimum Gasteiger partial charge on any atom is -0.449 e. The van der Waals surface area contributed by atoms with Crippen molar-refractivity contribution in [2.45, 2.75) is 45.9 Å². The summed E-state index contributed by atoms with van der Waals surface area (Å²) in [7, 11) is -2.39. The SMILES string of the molecule is Cc1nn(C)c(-n2ccc3cc(C(F)(F)F)cnc32)c1CCCOC(=O)NS(=O)(=O)NCCOC(C)C. The van der Waals surface area contributed by atoms with E-state index in [-0.39, 0.29) is 25.9 Å². The lowest BCUT2D eigenvalue weighted by Gasteiger charge is -2.11. The van der Waals surface area contributed by atoms with E-state index < -0.39 is 28.0 Å². The third-order valence-corrected chi connectivity index (χ3v) is 6.28. The largest absolute Gasteiger partial charge is 0.449 e. The first-order valence-corrected chi connectivity index (χ1v) is 12.9. The highest BCUT2D eigenvalue weighted by Gasteiger charge is 2.31. The lowest BCUT2D eigenvalue weighted by atomic mass is 10.1. The number of hydrogen-bond acceptors (Lipinski definition) is 7. The maximum absolute atomic E-state index is 13.1. The molecular weight excluding hydrogens is 517 g/mol. The van der Waals surface area contributed by atoms with Gasteiger partial charge in [0.1, 0.15) is 11.5 Å². The molecule has 0 unspecified atom stereocenters. The number of halogens is 3. The van der Waals surface area contributed by atoms with Crippen LogP contribution in [0, 0.1) is 6.92 Å². The first-order valence-electron chi connectivity index (χ1n) is 11.4. The van der Waals surface area contributed by atoms with Crippen molar-refractivity contribution >= 4 is 27.3 Å². The Hall–Kier alpha value is -3.17. The Labute approximate surface area is 212 Å². The van der Waals surface area contributed by atoms with Crippen LogP contribution in [0.2, 0.25) is 0 Å². The molecule has 0 aliphatic heterocycles. The van der Waals surface area contributed by atoms with Gasteiger partial charge < -0.3 is 9.47 Å². The third-order valence-electron chi connectivity index (χ3n) is 5.26. The maximum atomic E-state index is 13.1. The molecule has 0 spiro atoms. The third kappa shape index (κ3) is 7.42. The summed E-state index contributed by atoms with van der Waals surface area (Å²) >= 11 is 0. The molecule has 0 aliphatic carbocycles. The number of amides is 1. The quantitative estimate of drug-likeness (QED) is 0.354. The molecule has 0 atom stereocenters. The number of hydrogen-bond donors (Lipinski definition) is 2. The van der Waals surface area contributed by atoms with Crippen LogP contribution < -0.4 is 9.44 Å². The predicted molar refractivity (Wildman–Crippen MR) is 128 cm³/mol. The van der Waals surface area contributed by atoms with Crippen molar-refractivity contribution in [3.05, 3.63) is 41.3 Å². The molecule has 0 aromatic carbocycles. The lowest BCUT2D eigenvalue weighted by molar-refractivity contribution is -0.137. The molecule has 15 heteroatoms. The van der Waals surface area contributed by atoms with E-state index >= 15 is 0 Å². The van der Waals surface area contributed by atoms with Crippen molar-refractivity contribution in [1.82, 2.24) is 28.8 Å². The van der Waals surface area contributed by atoms with Gasteiger partial charge in [0.05, 0.1) is 30.6 Å². The number of carbonyl (C=O) groups excluding carboxylic acids is 1. The Morgan fingerprint density at radius 2 is 1.97 bits per heavy atom. The van der Waals surface area contributed by atoms with Crippen LogP contribution in [0.25, 0.3) is 16.9 Å². The van der Waals surface area contributed by atoms with Gasteiger partial charge in [-0.2, -0.15) is 31.4 Å². The average Bonchev–Trinajstić information content (AvgIpc) is 3.32. The van der Waals surface area contributed by atoms with Crippen molar-refractivity contribution < 1.29 is 35.9 Å². The number of alkyl halides is 3. The monoisotopic (exact) mass is 546 g/mol. The Morgan fingerprint density at radius 3 is 2.65 bits per heavy atom. The summed E-state index contributed by atoms with van der Waals surface area (Å²) in [5.41, 5.74) is 0.969. The Kier molecular flexibility index (Phi) is 8.81. The zero-order chi connectivity index (χ0) is 27.4. The van der Waals surface area contributed by atoms with E-state index in [9.17, 15) is 26.4 Å². The highest BCUT2D eigenvalue weighted by molar-refractivity contribution is 7.88. The zero-order valence-electron chi connectivity index (χ0n) is 20.8. The first-order chi connectivity index (χ1) is 17.3. The molecule has 0 aliphatic rings. The van der Waals surface area contributed by atoms with E-state index in [0.717, 1.165) is 17.8 Å². The van der Waals surface area contributed by atoms with Gasteiger partial charge in [-0.25, -0.2) is 14.5 Å².